The van der Waals surface area contributed by atoms with Crippen molar-refractivity contribution in [3.8, 4) is 5.75 Å². The van der Waals surface area contributed by atoms with Crippen LogP contribution >= 0.6 is 0 Å². The average molecular weight is 232 g/mol. The van der Waals surface area contributed by atoms with E-state index in [2.05, 4.69) is 10.3 Å². The molecule has 0 amide bonds. The Hall–Kier alpha value is -1.46. The molecular formula is C10H11F3N2O. The van der Waals surface area contributed by atoms with E-state index in [1.807, 2.05) is 0 Å². The quantitative estimate of drug-likeness (QED) is 0.869. The van der Waals surface area contributed by atoms with Crippen LogP contribution in [-0.2, 0) is 6.18 Å². The Morgan fingerprint density at radius 3 is 2.62 bits per heavy atom. The van der Waals surface area contributed by atoms with E-state index in [0.717, 1.165) is 25.1 Å². The molecule has 1 aromatic rings. The van der Waals surface area contributed by atoms with Gasteiger partial charge in [-0.3, -0.25) is 0 Å². The molecule has 2 rings (SSSR count). The summed E-state index contributed by atoms with van der Waals surface area (Å²) in [5, 5.41) is 2.68. The van der Waals surface area contributed by atoms with E-state index in [0.29, 0.717) is 11.4 Å². The minimum Gasteiger partial charge on any atom is -0.487 e. The number of anilines is 1. The molecule has 1 aliphatic carbocycles. The maximum Gasteiger partial charge on any atom is 0.433 e. The number of nitrogens with zero attached hydrogens (tertiary/aromatic N) is 1. The van der Waals surface area contributed by atoms with Crippen LogP contribution in [0.25, 0.3) is 0 Å². The minimum atomic E-state index is -4.43. The smallest absolute Gasteiger partial charge is 0.433 e. The number of hydrogen-bond acceptors (Lipinski definition) is 3. The van der Waals surface area contributed by atoms with Crippen molar-refractivity contribution in [3.63, 3.8) is 0 Å². The molecule has 1 heterocycles. The van der Waals surface area contributed by atoms with Crippen LogP contribution in [0.15, 0.2) is 12.3 Å². The van der Waals surface area contributed by atoms with Crippen LogP contribution in [0, 0.1) is 0 Å². The fourth-order valence-electron chi connectivity index (χ4n) is 1.25. The van der Waals surface area contributed by atoms with Crippen LogP contribution in [-0.4, -0.2) is 18.1 Å². The molecule has 3 nitrogen and oxygen atoms in total. The van der Waals surface area contributed by atoms with Gasteiger partial charge in [-0.2, -0.15) is 13.2 Å². The highest BCUT2D eigenvalue weighted by molar-refractivity contribution is 5.56. The summed E-state index contributed by atoms with van der Waals surface area (Å²) in [6.07, 6.45) is -1.28. The summed E-state index contributed by atoms with van der Waals surface area (Å²) in [4.78, 5) is 3.35. The van der Waals surface area contributed by atoms with Crippen molar-refractivity contribution < 1.29 is 17.9 Å². The summed E-state index contributed by atoms with van der Waals surface area (Å²) in [5.41, 5.74) is -0.603. The molecule has 0 unspecified atom stereocenters. The van der Waals surface area contributed by atoms with Crippen molar-refractivity contribution in [1.29, 1.82) is 0 Å². The maximum atomic E-state index is 12.4. The normalized spacial score (nSPS) is 16.0. The SMILES string of the molecule is CNc1cc(C(F)(F)F)ncc1OC1CC1. The van der Waals surface area contributed by atoms with Gasteiger partial charge in [-0.25, -0.2) is 4.98 Å². The summed E-state index contributed by atoms with van der Waals surface area (Å²) >= 11 is 0. The van der Waals surface area contributed by atoms with E-state index < -0.39 is 11.9 Å². The molecule has 6 heteroatoms. The zero-order chi connectivity index (χ0) is 11.8. The number of nitrogens with one attached hydrogen (secondary N) is 1. The Bertz CT molecular complexity index is 388. The lowest BCUT2D eigenvalue weighted by Crippen LogP contribution is -2.10. The highest BCUT2D eigenvalue weighted by Gasteiger charge is 2.33. The van der Waals surface area contributed by atoms with Gasteiger partial charge < -0.3 is 10.1 Å². The van der Waals surface area contributed by atoms with Crippen LogP contribution in [0.3, 0.4) is 0 Å². The molecule has 1 aromatic heterocycles. The van der Waals surface area contributed by atoms with E-state index in [1.54, 1.807) is 7.05 Å². The number of aromatic nitrogens is 1. The third kappa shape index (κ3) is 2.37. The second kappa shape index (κ2) is 3.84. The number of rotatable bonds is 3. The average Bonchev–Trinajstić information content (AvgIpc) is 3.00. The first-order valence-electron chi connectivity index (χ1n) is 4.92. The van der Waals surface area contributed by atoms with E-state index in [4.69, 9.17) is 4.74 Å². The predicted molar refractivity (Wildman–Crippen MR) is 52.4 cm³/mol. The number of hydrogen-bond donors (Lipinski definition) is 1. The molecular weight excluding hydrogens is 221 g/mol. The van der Waals surface area contributed by atoms with Crippen molar-refractivity contribution in [1.82, 2.24) is 4.98 Å². The van der Waals surface area contributed by atoms with Gasteiger partial charge in [0.1, 0.15) is 5.69 Å². The van der Waals surface area contributed by atoms with Gasteiger partial charge >= 0.3 is 6.18 Å². The third-order valence-electron chi connectivity index (χ3n) is 2.25. The number of pyridine rings is 1. The summed E-state index contributed by atoms with van der Waals surface area (Å²) in [7, 11) is 1.55. The van der Waals surface area contributed by atoms with Crippen LogP contribution in [0.1, 0.15) is 18.5 Å². The maximum absolute atomic E-state index is 12.4. The van der Waals surface area contributed by atoms with Crippen LogP contribution in [0.5, 0.6) is 5.75 Å². The largest absolute Gasteiger partial charge is 0.487 e. The standard InChI is InChI=1S/C10H11F3N2O/c1-14-7-4-9(10(11,12)13)15-5-8(7)16-6-2-3-6/h4-6H,2-3H2,1H3,(H,14,15). The van der Waals surface area contributed by atoms with Gasteiger partial charge in [-0.15, -0.1) is 0 Å². The first kappa shape index (κ1) is 11.0. The lowest BCUT2D eigenvalue weighted by molar-refractivity contribution is -0.141. The highest BCUT2D eigenvalue weighted by Crippen LogP contribution is 2.35. The summed E-state index contributed by atoms with van der Waals surface area (Å²) < 4.78 is 42.6. The Kier molecular flexibility index (Phi) is 2.65. The molecule has 1 aliphatic rings. The van der Waals surface area contributed by atoms with Crippen molar-refractivity contribution in [3.05, 3.63) is 18.0 Å². The monoisotopic (exact) mass is 232 g/mol. The first-order valence-corrected chi connectivity index (χ1v) is 4.92. The first-order chi connectivity index (χ1) is 7.50. The van der Waals surface area contributed by atoms with Gasteiger partial charge in [0, 0.05) is 7.05 Å². The minimum absolute atomic E-state index is 0.130. The molecule has 0 bridgehead atoms. The molecule has 1 N–H and O–H groups in total. The van der Waals surface area contributed by atoms with Crippen LogP contribution in [0.4, 0.5) is 18.9 Å². The molecule has 0 aliphatic heterocycles. The van der Waals surface area contributed by atoms with Crippen molar-refractivity contribution in [2.75, 3.05) is 12.4 Å². The topological polar surface area (TPSA) is 34.2 Å². The molecule has 0 saturated heterocycles. The number of halogens is 3. The third-order valence-corrected chi connectivity index (χ3v) is 2.25. The van der Waals surface area contributed by atoms with Gasteiger partial charge in [-0.05, 0) is 18.9 Å². The number of ether oxygens (including phenoxy) is 1. The van der Waals surface area contributed by atoms with Crippen LogP contribution < -0.4 is 10.1 Å². The Morgan fingerprint density at radius 1 is 1.44 bits per heavy atom. The second-order valence-corrected chi connectivity index (χ2v) is 3.63. The molecule has 16 heavy (non-hydrogen) atoms. The predicted octanol–water partition coefficient (Wildman–Crippen LogP) is 2.68. The second-order valence-electron chi connectivity index (χ2n) is 3.63. The Labute approximate surface area is 90.6 Å². The van der Waals surface area contributed by atoms with E-state index in [1.165, 1.54) is 0 Å². The fourth-order valence-corrected chi connectivity index (χ4v) is 1.25. The van der Waals surface area contributed by atoms with E-state index in [9.17, 15) is 13.2 Å². The van der Waals surface area contributed by atoms with E-state index >= 15 is 0 Å². The molecule has 88 valence electrons. The number of alkyl halides is 3. The Morgan fingerprint density at radius 2 is 2.12 bits per heavy atom. The van der Waals surface area contributed by atoms with Crippen LogP contribution in [0.2, 0.25) is 0 Å². The molecule has 0 radical (unpaired) electrons. The van der Waals surface area contributed by atoms with Crippen molar-refractivity contribution >= 4 is 5.69 Å². The zero-order valence-corrected chi connectivity index (χ0v) is 8.64. The highest BCUT2D eigenvalue weighted by atomic mass is 19.4. The van der Waals surface area contributed by atoms with Gasteiger partial charge in [0.05, 0.1) is 18.0 Å². The summed E-state index contributed by atoms with van der Waals surface area (Å²) in [6.45, 7) is 0. The molecule has 1 saturated carbocycles. The summed E-state index contributed by atoms with van der Waals surface area (Å²) in [6, 6.07) is 0.956. The molecule has 0 aromatic carbocycles. The zero-order valence-electron chi connectivity index (χ0n) is 8.64. The van der Waals surface area contributed by atoms with Crippen molar-refractivity contribution in [2.24, 2.45) is 0 Å². The molecule has 0 atom stereocenters. The summed E-state index contributed by atoms with van der Waals surface area (Å²) in [5.74, 6) is 0.373. The van der Waals surface area contributed by atoms with E-state index in [-0.39, 0.29) is 6.10 Å². The van der Waals surface area contributed by atoms with Gasteiger partial charge in [0.15, 0.2) is 5.75 Å². The van der Waals surface area contributed by atoms with Crippen molar-refractivity contribution in [2.45, 2.75) is 25.1 Å². The van der Waals surface area contributed by atoms with Gasteiger partial charge in [0.2, 0.25) is 0 Å². The van der Waals surface area contributed by atoms with Gasteiger partial charge in [-0.1, -0.05) is 0 Å². The lowest BCUT2D eigenvalue weighted by Gasteiger charge is -2.12. The van der Waals surface area contributed by atoms with Gasteiger partial charge in [0.25, 0.3) is 0 Å². The Balaban J connectivity index is 2.26. The fraction of sp³-hybridized carbons (Fsp3) is 0.500. The molecule has 0 spiro atoms. The lowest BCUT2D eigenvalue weighted by atomic mass is 10.3. The molecule has 1 fully saturated rings.